The number of ether oxygens (including phenoxy) is 1. The average Bonchev–Trinajstić information content (AvgIpc) is 2.80. The molecule has 5 nitrogen and oxygen atoms in total. The average molecular weight is 368 g/mol. The van der Waals surface area contributed by atoms with E-state index in [1.165, 1.54) is 12.0 Å². The van der Waals surface area contributed by atoms with Crippen LogP contribution in [0.1, 0.15) is 30.0 Å². The second-order valence-corrected chi connectivity index (χ2v) is 6.22. The molecule has 0 N–H and O–H groups in total. The highest BCUT2D eigenvalue weighted by Crippen LogP contribution is 2.29. The fourth-order valence-electron chi connectivity index (χ4n) is 2.22. The van der Waals surface area contributed by atoms with Gasteiger partial charge in [-0.2, -0.15) is 0 Å². The molecule has 0 saturated heterocycles. The molecule has 1 heterocycles. The van der Waals surface area contributed by atoms with Gasteiger partial charge in [0.05, 0.1) is 7.11 Å². The van der Waals surface area contributed by atoms with E-state index < -0.39 is 5.97 Å². The fraction of sp³-hybridized carbons (Fsp3) is 0.375. The number of hydrogen-bond donors (Lipinski definition) is 0. The summed E-state index contributed by atoms with van der Waals surface area (Å²) in [7, 11) is 1.30. The summed E-state index contributed by atoms with van der Waals surface area (Å²) in [5.41, 5.74) is 1.41. The summed E-state index contributed by atoms with van der Waals surface area (Å²) in [6.07, 6.45) is 0. The van der Waals surface area contributed by atoms with Crippen molar-refractivity contribution in [2.24, 2.45) is 0 Å². The third-order valence-electron chi connectivity index (χ3n) is 3.50. The Morgan fingerprint density at radius 2 is 2.05 bits per heavy atom. The van der Waals surface area contributed by atoms with Crippen molar-refractivity contribution in [1.29, 1.82) is 0 Å². The number of halogens is 1. The highest BCUT2D eigenvalue weighted by atomic mass is 79.9. The number of fused-ring (bicyclic) bond motifs is 1. The van der Waals surface area contributed by atoms with E-state index in [1.54, 1.807) is 0 Å². The van der Waals surface area contributed by atoms with E-state index in [0.29, 0.717) is 5.58 Å². The van der Waals surface area contributed by atoms with E-state index in [4.69, 9.17) is 4.42 Å². The number of rotatable bonds is 4. The van der Waals surface area contributed by atoms with Gasteiger partial charge in [0.2, 0.25) is 0 Å². The molecule has 22 heavy (non-hydrogen) atoms. The minimum absolute atomic E-state index is 0.104. The quantitative estimate of drug-likeness (QED) is 0.775. The standard InChI is InChI=1S/C16H18BrNO4/c1-9(2)18(8-14(19)21-4)16(20)15-10(3)12-7-11(17)5-6-13(12)22-15/h5-7,9H,8H2,1-4H3. The van der Waals surface area contributed by atoms with E-state index in [2.05, 4.69) is 20.7 Å². The predicted molar refractivity (Wildman–Crippen MR) is 86.8 cm³/mol. The lowest BCUT2D eigenvalue weighted by molar-refractivity contribution is -0.141. The number of hydrogen-bond acceptors (Lipinski definition) is 4. The maximum atomic E-state index is 12.7. The maximum absolute atomic E-state index is 12.7. The van der Waals surface area contributed by atoms with E-state index in [-0.39, 0.29) is 24.3 Å². The van der Waals surface area contributed by atoms with Gasteiger partial charge in [-0.25, -0.2) is 0 Å². The van der Waals surface area contributed by atoms with Crippen LogP contribution in [0.15, 0.2) is 27.1 Å². The summed E-state index contributed by atoms with van der Waals surface area (Å²) in [5, 5.41) is 0.875. The normalized spacial score (nSPS) is 11.0. The van der Waals surface area contributed by atoms with E-state index >= 15 is 0 Å². The van der Waals surface area contributed by atoms with Crippen molar-refractivity contribution in [3.05, 3.63) is 34.0 Å². The predicted octanol–water partition coefficient (Wildman–Crippen LogP) is 3.53. The Bertz CT molecular complexity index is 720. The fourth-order valence-corrected chi connectivity index (χ4v) is 2.58. The summed E-state index contributed by atoms with van der Waals surface area (Å²) < 4.78 is 11.3. The van der Waals surface area contributed by atoms with Crippen molar-refractivity contribution in [3.63, 3.8) is 0 Å². The van der Waals surface area contributed by atoms with Gasteiger partial charge in [-0.15, -0.1) is 0 Å². The Kier molecular flexibility index (Phi) is 4.90. The van der Waals surface area contributed by atoms with Gasteiger partial charge >= 0.3 is 5.97 Å². The van der Waals surface area contributed by atoms with Crippen molar-refractivity contribution in [2.45, 2.75) is 26.8 Å². The van der Waals surface area contributed by atoms with Crippen LogP contribution >= 0.6 is 15.9 Å². The molecule has 0 saturated carbocycles. The third-order valence-corrected chi connectivity index (χ3v) is 4.00. The number of carbonyl (C=O) groups excluding carboxylic acids is 2. The van der Waals surface area contributed by atoms with Gasteiger partial charge in [-0.05, 0) is 39.0 Å². The van der Waals surface area contributed by atoms with Gasteiger partial charge in [-0.1, -0.05) is 15.9 Å². The summed E-state index contributed by atoms with van der Waals surface area (Å²) in [5.74, 6) is -0.519. The Morgan fingerprint density at radius 1 is 1.36 bits per heavy atom. The molecule has 0 unspecified atom stereocenters. The molecule has 6 heteroatoms. The molecule has 1 amide bonds. The van der Waals surface area contributed by atoms with E-state index in [1.807, 2.05) is 39.0 Å². The molecule has 0 spiro atoms. The topological polar surface area (TPSA) is 59.8 Å². The lowest BCUT2D eigenvalue weighted by atomic mass is 10.1. The molecule has 0 aliphatic rings. The van der Waals surface area contributed by atoms with Crippen LogP contribution in [0.5, 0.6) is 0 Å². The highest BCUT2D eigenvalue weighted by molar-refractivity contribution is 9.10. The molecule has 2 rings (SSSR count). The molecule has 0 aliphatic carbocycles. The molecule has 2 aromatic rings. The van der Waals surface area contributed by atoms with Crippen LogP contribution in [0, 0.1) is 6.92 Å². The van der Waals surface area contributed by atoms with Crippen molar-refractivity contribution < 1.29 is 18.7 Å². The first-order chi connectivity index (χ1) is 10.3. The van der Waals surface area contributed by atoms with Crippen LogP contribution in [0.25, 0.3) is 11.0 Å². The smallest absolute Gasteiger partial charge is 0.325 e. The lowest BCUT2D eigenvalue weighted by Crippen LogP contribution is -2.41. The molecule has 0 bridgehead atoms. The minimum atomic E-state index is -0.460. The zero-order valence-electron chi connectivity index (χ0n) is 13.0. The Hall–Kier alpha value is -1.82. The zero-order valence-corrected chi connectivity index (χ0v) is 14.6. The van der Waals surface area contributed by atoms with Crippen molar-refractivity contribution >= 4 is 38.8 Å². The van der Waals surface area contributed by atoms with E-state index in [9.17, 15) is 9.59 Å². The van der Waals surface area contributed by atoms with Crippen LogP contribution in [0.4, 0.5) is 0 Å². The summed E-state index contributed by atoms with van der Waals surface area (Å²) in [4.78, 5) is 25.7. The van der Waals surface area contributed by atoms with Crippen LogP contribution in [0.2, 0.25) is 0 Å². The second kappa shape index (κ2) is 6.52. The van der Waals surface area contributed by atoms with Crippen molar-refractivity contribution in [1.82, 2.24) is 4.90 Å². The SMILES string of the molecule is COC(=O)CN(C(=O)c1oc2ccc(Br)cc2c1C)C(C)C. The Morgan fingerprint density at radius 3 is 2.64 bits per heavy atom. The number of benzene rings is 1. The molecule has 1 aromatic heterocycles. The summed E-state index contributed by atoms with van der Waals surface area (Å²) in [6.45, 7) is 5.42. The van der Waals surface area contributed by atoms with Gasteiger partial charge in [0.25, 0.3) is 5.91 Å². The number of amides is 1. The number of aryl methyl sites for hydroxylation is 1. The van der Waals surface area contributed by atoms with Gasteiger partial charge in [-0.3, -0.25) is 9.59 Å². The first kappa shape index (κ1) is 16.5. The number of carbonyl (C=O) groups is 2. The number of nitrogens with zero attached hydrogens (tertiary/aromatic N) is 1. The van der Waals surface area contributed by atoms with Gasteiger partial charge in [0, 0.05) is 21.5 Å². The third kappa shape index (κ3) is 3.16. The van der Waals surface area contributed by atoms with Crippen molar-refractivity contribution in [3.8, 4) is 0 Å². The van der Waals surface area contributed by atoms with Gasteiger partial charge < -0.3 is 14.1 Å². The molecule has 118 valence electrons. The van der Waals surface area contributed by atoms with Crippen molar-refractivity contribution in [2.75, 3.05) is 13.7 Å². The minimum Gasteiger partial charge on any atom is -0.468 e. The molecular weight excluding hydrogens is 350 g/mol. The Balaban J connectivity index is 2.42. The molecular formula is C16H18BrNO4. The van der Waals surface area contributed by atoms with Crippen LogP contribution < -0.4 is 0 Å². The van der Waals surface area contributed by atoms with Crippen LogP contribution in [0.3, 0.4) is 0 Å². The monoisotopic (exact) mass is 367 g/mol. The van der Waals surface area contributed by atoms with Crippen LogP contribution in [-0.2, 0) is 9.53 Å². The summed E-state index contributed by atoms with van der Waals surface area (Å²) >= 11 is 3.41. The molecule has 0 fully saturated rings. The first-order valence-corrected chi connectivity index (χ1v) is 7.71. The Labute approximate surface area is 137 Å². The van der Waals surface area contributed by atoms with Crippen LogP contribution in [-0.4, -0.2) is 36.5 Å². The molecule has 0 aliphatic heterocycles. The largest absolute Gasteiger partial charge is 0.468 e. The van der Waals surface area contributed by atoms with E-state index in [0.717, 1.165) is 15.4 Å². The number of furan rings is 1. The number of esters is 1. The molecule has 0 atom stereocenters. The zero-order chi connectivity index (χ0) is 16.4. The molecule has 0 radical (unpaired) electrons. The summed E-state index contributed by atoms with van der Waals surface area (Å²) in [6, 6.07) is 5.42. The lowest BCUT2D eigenvalue weighted by Gasteiger charge is -2.24. The van der Waals surface area contributed by atoms with Gasteiger partial charge in [0.15, 0.2) is 5.76 Å². The van der Waals surface area contributed by atoms with Gasteiger partial charge in [0.1, 0.15) is 12.1 Å². The maximum Gasteiger partial charge on any atom is 0.325 e. The first-order valence-electron chi connectivity index (χ1n) is 6.91. The number of methoxy groups -OCH3 is 1. The second-order valence-electron chi connectivity index (χ2n) is 5.30. The highest BCUT2D eigenvalue weighted by Gasteiger charge is 2.27. The molecule has 1 aromatic carbocycles.